The van der Waals surface area contributed by atoms with Crippen LogP contribution in [0.4, 0.5) is 0 Å². The molecule has 1 aromatic heterocycles. The molecule has 1 N–H and O–H groups in total. The number of halogens is 2. The van der Waals surface area contributed by atoms with Crippen molar-refractivity contribution in [1.29, 1.82) is 0 Å². The lowest BCUT2D eigenvalue weighted by Crippen LogP contribution is -2.36. The maximum absolute atomic E-state index is 12.5. The van der Waals surface area contributed by atoms with Crippen molar-refractivity contribution in [3.8, 4) is 0 Å². The molecule has 1 atom stereocenters. The zero-order valence-electron chi connectivity index (χ0n) is 9.67. The van der Waals surface area contributed by atoms with Gasteiger partial charge in [0, 0.05) is 12.6 Å². The monoisotopic (exact) mass is 343 g/mol. The van der Waals surface area contributed by atoms with Crippen molar-refractivity contribution >= 4 is 50.5 Å². The van der Waals surface area contributed by atoms with Gasteiger partial charge in [0.15, 0.2) is 0 Å². The van der Waals surface area contributed by atoms with E-state index in [2.05, 4.69) is 0 Å². The highest BCUT2D eigenvalue weighted by molar-refractivity contribution is 7.89. The summed E-state index contributed by atoms with van der Waals surface area (Å²) in [6.07, 6.45) is 0.988. The Balaban J connectivity index is 2.33. The van der Waals surface area contributed by atoms with Gasteiger partial charge in [-0.3, -0.25) is 4.79 Å². The minimum absolute atomic E-state index is 0.0403. The lowest BCUT2D eigenvalue weighted by Gasteiger charge is -2.22. The first kappa shape index (κ1) is 15.1. The molecule has 2 rings (SSSR count). The number of thiophene rings is 1. The van der Waals surface area contributed by atoms with E-state index in [9.17, 15) is 13.2 Å². The first-order valence-electron chi connectivity index (χ1n) is 5.51. The molecule has 0 bridgehead atoms. The number of carboxylic acids is 1. The number of carboxylic acid groups (broad SMARTS) is 1. The van der Waals surface area contributed by atoms with Crippen LogP contribution in [-0.2, 0) is 14.8 Å². The molecule has 1 aromatic rings. The fraction of sp³-hybridized carbons (Fsp3) is 0.500. The second-order valence-electron chi connectivity index (χ2n) is 4.20. The van der Waals surface area contributed by atoms with Gasteiger partial charge in [-0.1, -0.05) is 23.2 Å². The van der Waals surface area contributed by atoms with E-state index >= 15 is 0 Å². The summed E-state index contributed by atoms with van der Waals surface area (Å²) in [4.78, 5) is 10.7. The molecule has 19 heavy (non-hydrogen) atoms. The fourth-order valence-corrected chi connectivity index (χ4v) is 5.97. The minimum Gasteiger partial charge on any atom is -0.481 e. The van der Waals surface area contributed by atoms with Crippen LogP contribution in [0.5, 0.6) is 0 Å². The summed E-state index contributed by atoms with van der Waals surface area (Å²) in [5.41, 5.74) is 0. The first-order valence-corrected chi connectivity index (χ1v) is 8.52. The predicted molar refractivity (Wildman–Crippen MR) is 73.5 cm³/mol. The van der Waals surface area contributed by atoms with E-state index in [4.69, 9.17) is 28.3 Å². The van der Waals surface area contributed by atoms with Crippen LogP contribution in [0.1, 0.15) is 19.3 Å². The van der Waals surface area contributed by atoms with E-state index in [1.165, 1.54) is 10.4 Å². The van der Waals surface area contributed by atoms with Crippen molar-refractivity contribution in [3.05, 3.63) is 14.7 Å². The van der Waals surface area contributed by atoms with Crippen molar-refractivity contribution in [3.63, 3.8) is 0 Å². The largest absolute Gasteiger partial charge is 0.481 e. The van der Waals surface area contributed by atoms with Gasteiger partial charge < -0.3 is 5.11 Å². The molecule has 9 heteroatoms. The molecule has 1 aliphatic heterocycles. The van der Waals surface area contributed by atoms with Gasteiger partial charge in [-0.15, -0.1) is 11.3 Å². The Morgan fingerprint density at radius 1 is 1.53 bits per heavy atom. The highest BCUT2D eigenvalue weighted by Crippen LogP contribution is 2.38. The summed E-state index contributed by atoms with van der Waals surface area (Å²) in [6, 6.07) is 0.789. The van der Waals surface area contributed by atoms with E-state index in [1.54, 1.807) is 0 Å². The van der Waals surface area contributed by atoms with Crippen molar-refractivity contribution in [1.82, 2.24) is 4.31 Å². The second kappa shape index (κ2) is 5.57. The van der Waals surface area contributed by atoms with Crippen molar-refractivity contribution in [2.75, 3.05) is 6.54 Å². The van der Waals surface area contributed by atoms with Crippen LogP contribution in [-0.4, -0.2) is 36.4 Å². The summed E-state index contributed by atoms with van der Waals surface area (Å²) in [7, 11) is -3.78. The zero-order chi connectivity index (χ0) is 14.2. The topological polar surface area (TPSA) is 74.7 Å². The molecular weight excluding hydrogens is 333 g/mol. The maximum Gasteiger partial charge on any atom is 0.304 e. The van der Waals surface area contributed by atoms with Crippen LogP contribution in [0.15, 0.2) is 11.0 Å². The third-order valence-corrected chi connectivity index (χ3v) is 6.65. The molecule has 0 saturated carbocycles. The molecule has 1 unspecified atom stereocenters. The Morgan fingerprint density at radius 3 is 2.74 bits per heavy atom. The Kier molecular flexibility index (Phi) is 4.42. The molecule has 2 heterocycles. The van der Waals surface area contributed by atoms with E-state index in [1.807, 2.05) is 0 Å². The van der Waals surface area contributed by atoms with Crippen LogP contribution in [0.25, 0.3) is 0 Å². The average Bonchev–Trinajstić information content (AvgIpc) is 2.84. The number of carbonyl (C=O) groups is 1. The van der Waals surface area contributed by atoms with Gasteiger partial charge in [-0.25, -0.2) is 8.42 Å². The zero-order valence-corrected chi connectivity index (χ0v) is 12.8. The third-order valence-electron chi connectivity index (χ3n) is 2.95. The molecular formula is C10H11Cl2NO4S2. The van der Waals surface area contributed by atoms with Crippen LogP contribution < -0.4 is 0 Å². The number of rotatable bonds is 4. The fourth-order valence-electron chi connectivity index (χ4n) is 2.16. The lowest BCUT2D eigenvalue weighted by molar-refractivity contribution is -0.137. The molecule has 0 radical (unpaired) electrons. The molecule has 106 valence electrons. The molecule has 0 aromatic carbocycles. The van der Waals surface area contributed by atoms with Crippen molar-refractivity contribution in [2.24, 2.45) is 0 Å². The number of nitrogens with zero attached hydrogens (tertiary/aromatic N) is 1. The average molecular weight is 344 g/mol. The quantitative estimate of drug-likeness (QED) is 0.911. The first-order chi connectivity index (χ1) is 8.82. The number of hydrogen-bond acceptors (Lipinski definition) is 4. The second-order valence-corrected chi connectivity index (χ2v) is 8.34. The minimum atomic E-state index is -3.78. The number of aliphatic carboxylic acids is 1. The molecule has 1 aliphatic rings. The number of hydrogen-bond donors (Lipinski definition) is 1. The van der Waals surface area contributed by atoms with E-state index in [-0.39, 0.29) is 20.0 Å². The van der Waals surface area contributed by atoms with Gasteiger partial charge in [-0.2, -0.15) is 4.31 Å². The van der Waals surface area contributed by atoms with Gasteiger partial charge in [0.1, 0.15) is 9.23 Å². The normalized spacial score (nSPS) is 20.8. The Morgan fingerprint density at radius 2 is 2.21 bits per heavy atom. The maximum atomic E-state index is 12.5. The summed E-state index contributed by atoms with van der Waals surface area (Å²) in [6.45, 7) is 0.310. The van der Waals surface area contributed by atoms with Gasteiger partial charge >= 0.3 is 5.97 Å². The molecule has 0 spiro atoms. The summed E-state index contributed by atoms with van der Waals surface area (Å²) < 4.78 is 26.5. The highest BCUT2D eigenvalue weighted by atomic mass is 35.5. The predicted octanol–water partition coefficient (Wildman–Crippen LogP) is 2.68. The smallest absolute Gasteiger partial charge is 0.304 e. The Labute approximate surface area is 124 Å². The van der Waals surface area contributed by atoms with Gasteiger partial charge in [0.05, 0.1) is 10.8 Å². The number of sulfonamides is 1. The van der Waals surface area contributed by atoms with Crippen LogP contribution >= 0.6 is 34.5 Å². The van der Waals surface area contributed by atoms with E-state index < -0.39 is 22.0 Å². The molecule has 0 amide bonds. The Bertz CT molecular complexity index is 599. The molecule has 0 aliphatic carbocycles. The summed E-state index contributed by atoms with van der Waals surface area (Å²) in [5, 5.41) is 8.82. The third kappa shape index (κ3) is 3.05. The van der Waals surface area contributed by atoms with Gasteiger partial charge in [0.2, 0.25) is 10.0 Å². The Hall–Kier alpha value is -0.340. The van der Waals surface area contributed by atoms with Gasteiger partial charge in [-0.05, 0) is 18.9 Å². The molecule has 5 nitrogen and oxygen atoms in total. The molecule has 1 fully saturated rings. The molecule has 1 saturated heterocycles. The van der Waals surface area contributed by atoms with Crippen LogP contribution in [0, 0.1) is 0 Å². The van der Waals surface area contributed by atoms with E-state index in [0.29, 0.717) is 19.4 Å². The van der Waals surface area contributed by atoms with Gasteiger partial charge in [0.25, 0.3) is 0 Å². The van der Waals surface area contributed by atoms with E-state index in [0.717, 1.165) is 11.3 Å². The van der Waals surface area contributed by atoms with Crippen LogP contribution in [0.2, 0.25) is 8.67 Å². The lowest BCUT2D eigenvalue weighted by atomic mass is 10.2. The van der Waals surface area contributed by atoms with Crippen LogP contribution in [0.3, 0.4) is 0 Å². The highest BCUT2D eigenvalue weighted by Gasteiger charge is 2.38. The summed E-state index contributed by atoms with van der Waals surface area (Å²) >= 11 is 12.6. The summed E-state index contributed by atoms with van der Waals surface area (Å²) in [5.74, 6) is -1.01. The standard InChI is InChI=1S/C10H11Cl2NO4S2/c11-8-5-7(10(12)18-8)19(16,17)13-3-1-2-6(13)4-9(14)15/h5-6H,1-4H2,(H,14,15). The van der Waals surface area contributed by atoms with Crippen molar-refractivity contribution < 1.29 is 18.3 Å². The SMILES string of the molecule is O=C(O)CC1CCCN1S(=O)(=O)c1cc(Cl)sc1Cl. The van der Waals surface area contributed by atoms with Crippen molar-refractivity contribution in [2.45, 2.75) is 30.2 Å².